The van der Waals surface area contributed by atoms with Gasteiger partial charge in [0.15, 0.2) is 14.1 Å². The molecule has 256 valence electrons. The fourth-order valence-corrected chi connectivity index (χ4v) is 6.74. The van der Waals surface area contributed by atoms with Gasteiger partial charge in [0.2, 0.25) is 35.7 Å². The fraction of sp³-hybridized carbons (Fsp3) is 0.0500. The van der Waals surface area contributed by atoms with Crippen molar-refractivity contribution >= 4 is 56.2 Å². The van der Waals surface area contributed by atoms with E-state index in [1.807, 2.05) is 151 Å². The van der Waals surface area contributed by atoms with Gasteiger partial charge in [-0.15, -0.1) is 0 Å². The molecule has 0 radical (unpaired) electrons. The van der Waals surface area contributed by atoms with Crippen LogP contribution in [0.15, 0.2) is 135 Å². The first-order valence-corrected chi connectivity index (χ1v) is 16.9. The summed E-state index contributed by atoms with van der Waals surface area (Å²) < 4.78 is 24.5. The highest BCUT2D eigenvalue weighted by Crippen LogP contribution is 2.42. The molecular formula is C40H28N12O2+4. The minimum absolute atomic E-state index is 0.446. The topological polar surface area (TPSA) is 118 Å². The maximum absolute atomic E-state index is 6.47. The molecule has 10 rings (SSSR count). The lowest BCUT2D eigenvalue weighted by molar-refractivity contribution is -0.429. The summed E-state index contributed by atoms with van der Waals surface area (Å²) in [7, 11) is 3.87. The molecule has 6 heterocycles. The summed E-state index contributed by atoms with van der Waals surface area (Å²) >= 11 is 0. The Labute approximate surface area is 306 Å². The van der Waals surface area contributed by atoms with Gasteiger partial charge < -0.3 is 9.47 Å². The Kier molecular flexibility index (Phi) is 7.08. The Morgan fingerprint density at radius 3 is 1.33 bits per heavy atom. The monoisotopic (exact) mass is 708 g/mol. The predicted molar refractivity (Wildman–Crippen MR) is 198 cm³/mol. The zero-order valence-corrected chi connectivity index (χ0v) is 28.9. The van der Waals surface area contributed by atoms with Gasteiger partial charge in [0.1, 0.15) is 48.3 Å². The molecule has 2 aliphatic rings. The van der Waals surface area contributed by atoms with E-state index in [0.717, 1.165) is 44.2 Å². The van der Waals surface area contributed by atoms with Crippen molar-refractivity contribution in [2.45, 2.75) is 0 Å². The Morgan fingerprint density at radius 2 is 0.926 bits per heavy atom. The van der Waals surface area contributed by atoms with Crippen molar-refractivity contribution in [2.24, 2.45) is 0 Å². The van der Waals surface area contributed by atoms with E-state index in [-0.39, 0.29) is 0 Å². The predicted octanol–water partition coefficient (Wildman–Crippen LogP) is 6.57. The molecule has 0 saturated heterocycles. The van der Waals surface area contributed by atoms with E-state index in [2.05, 4.69) is 41.9 Å². The molecule has 0 unspecified atom stereocenters. The van der Waals surface area contributed by atoms with Crippen LogP contribution in [-0.2, 0) is 0 Å². The molecular weight excluding hydrogens is 681 g/mol. The van der Waals surface area contributed by atoms with Crippen molar-refractivity contribution in [2.75, 3.05) is 14.1 Å². The Balaban J connectivity index is 1.14. The highest BCUT2D eigenvalue weighted by atomic mass is 16.5. The van der Waals surface area contributed by atoms with Crippen LogP contribution in [0.2, 0.25) is 0 Å². The van der Waals surface area contributed by atoms with Crippen LogP contribution < -0.4 is 9.47 Å². The van der Waals surface area contributed by atoms with E-state index in [4.69, 9.17) is 9.47 Å². The van der Waals surface area contributed by atoms with Crippen LogP contribution in [0.1, 0.15) is 0 Å². The second-order valence-electron chi connectivity index (χ2n) is 12.6. The molecule has 0 N–H and O–H groups in total. The SMILES string of the molecule is C[N+]1=C=[N+](c2cccc(Oc3ccc4c(c3)n(-c3ncncn3)c3c5ccc(Oc6cccc([N+]7=C=[N+](C)C=C7)c6)cc5n(-c5ncncn5)c43)c2)C=C1. The molecule has 0 fully saturated rings. The lowest BCUT2D eigenvalue weighted by atomic mass is 10.2. The van der Waals surface area contributed by atoms with Crippen molar-refractivity contribution in [1.29, 1.82) is 0 Å². The molecule has 14 heteroatoms. The first-order chi connectivity index (χ1) is 26.6. The number of rotatable bonds is 8. The van der Waals surface area contributed by atoms with Crippen molar-refractivity contribution in [1.82, 2.24) is 39.0 Å². The van der Waals surface area contributed by atoms with Gasteiger partial charge in [-0.3, -0.25) is 9.13 Å². The van der Waals surface area contributed by atoms with Gasteiger partial charge in [0.05, 0.1) is 34.2 Å². The number of fused-ring (bicyclic) bond motifs is 5. The molecule has 4 aromatic carbocycles. The Morgan fingerprint density at radius 1 is 0.500 bits per heavy atom. The van der Waals surface area contributed by atoms with Crippen molar-refractivity contribution in [3.63, 3.8) is 0 Å². The molecule has 0 aliphatic carbocycles. The standard InChI is InChI=1S/C40H28N12O2/c1-47-13-15-49(25-47)27-5-3-7-29(17-27)53-31-9-11-33-35(19-31)51(39-43-21-41-22-44-39)38-34-12-10-32(20-36(34)52(37(33)38)40-45-23-42-24-46-40)54-30-8-4-6-28(18-30)50-16-14-48(2)26-50/h3-24H,1-2H3/q+4. The van der Waals surface area contributed by atoms with E-state index in [1.165, 1.54) is 25.3 Å². The third-order valence-corrected chi connectivity index (χ3v) is 9.03. The van der Waals surface area contributed by atoms with E-state index >= 15 is 0 Å². The zero-order valence-electron chi connectivity index (χ0n) is 28.9. The first-order valence-electron chi connectivity index (χ1n) is 16.9. The minimum Gasteiger partial charge on any atom is -0.457 e. The van der Waals surface area contributed by atoms with Crippen LogP contribution in [0.5, 0.6) is 23.0 Å². The van der Waals surface area contributed by atoms with Gasteiger partial charge in [0, 0.05) is 35.0 Å². The molecule has 0 amide bonds. The largest absolute Gasteiger partial charge is 0.495 e. The van der Waals surface area contributed by atoms with E-state index in [1.54, 1.807) is 0 Å². The van der Waals surface area contributed by atoms with Crippen molar-refractivity contribution in [3.05, 3.63) is 135 Å². The smallest absolute Gasteiger partial charge is 0.457 e. The highest BCUT2D eigenvalue weighted by molar-refractivity contribution is 6.20. The lowest BCUT2D eigenvalue weighted by Crippen LogP contribution is -2.01. The van der Waals surface area contributed by atoms with Crippen LogP contribution in [0.4, 0.5) is 11.4 Å². The number of aromatic nitrogens is 8. The lowest BCUT2D eigenvalue weighted by Gasteiger charge is -2.10. The summed E-state index contributed by atoms with van der Waals surface area (Å²) in [6.45, 7) is 0. The third kappa shape index (κ3) is 5.31. The van der Waals surface area contributed by atoms with Crippen LogP contribution in [0, 0.1) is 0 Å². The highest BCUT2D eigenvalue weighted by Gasteiger charge is 2.26. The maximum atomic E-state index is 6.47. The maximum Gasteiger partial charge on any atom is 0.495 e. The van der Waals surface area contributed by atoms with Gasteiger partial charge in [-0.2, -0.15) is 0 Å². The summed E-state index contributed by atoms with van der Waals surface area (Å²) in [6, 6.07) is 34.1. The molecule has 8 aromatic rings. The molecule has 2 aliphatic heterocycles. The first kappa shape index (κ1) is 30.9. The number of benzene rings is 4. The molecule has 14 nitrogen and oxygen atoms in total. The normalized spacial score (nSPS) is 13.4. The molecule has 0 saturated carbocycles. The van der Waals surface area contributed by atoms with Gasteiger partial charge in [-0.25, -0.2) is 29.9 Å². The average Bonchev–Trinajstić information content (AvgIpc) is 3.99. The van der Waals surface area contributed by atoms with E-state index < -0.39 is 0 Å². The summed E-state index contributed by atoms with van der Waals surface area (Å²) in [6.07, 6.45) is 13.7. The molecule has 0 spiro atoms. The summed E-state index contributed by atoms with van der Waals surface area (Å²) in [5, 5.41) is 1.81. The number of nitrogens with zero attached hydrogens (tertiary/aromatic N) is 12. The van der Waals surface area contributed by atoms with Crippen LogP contribution in [0.3, 0.4) is 0 Å². The Bertz CT molecular complexity index is 2830. The second-order valence-corrected chi connectivity index (χ2v) is 12.6. The van der Waals surface area contributed by atoms with Crippen molar-refractivity contribution in [3.8, 4) is 34.9 Å². The van der Waals surface area contributed by atoms with E-state index in [0.29, 0.717) is 34.9 Å². The summed E-state index contributed by atoms with van der Waals surface area (Å²) in [5.74, 6) is 3.52. The minimum atomic E-state index is 0.446. The van der Waals surface area contributed by atoms with Gasteiger partial charge >= 0.3 is 12.0 Å². The quantitative estimate of drug-likeness (QED) is 0.163. The van der Waals surface area contributed by atoms with Gasteiger partial charge in [-0.05, 0) is 36.4 Å². The van der Waals surface area contributed by atoms with Crippen LogP contribution in [0.25, 0.3) is 44.7 Å². The van der Waals surface area contributed by atoms with Gasteiger partial charge in [-0.1, -0.05) is 30.4 Å². The number of hydrogen-bond acceptors (Lipinski definition) is 8. The third-order valence-electron chi connectivity index (χ3n) is 9.03. The van der Waals surface area contributed by atoms with Crippen LogP contribution in [-0.4, -0.2) is 83.5 Å². The number of hydrogen-bond donors (Lipinski definition) is 0. The molecule has 54 heavy (non-hydrogen) atoms. The Hall–Kier alpha value is -7.92. The summed E-state index contributed by atoms with van der Waals surface area (Å²) in [5.41, 5.74) is 5.20. The second kappa shape index (κ2) is 12.4. The summed E-state index contributed by atoms with van der Waals surface area (Å²) in [4.78, 5) is 26.6. The molecule has 0 bridgehead atoms. The van der Waals surface area contributed by atoms with E-state index in [9.17, 15) is 0 Å². The molecule has 0 atom stereocenters. The number of ether oxygens (including phenoxy) is 2. The fourth-order valence-electron chi connectivity index (χ4n) is 6.74. The van der Waals surface area contributed by atoms with Crippen LogP contribution >= 0.6 is 0 Å². The van der Waals surface area contributed by atoms with Crippen molar-refractivity contribution < 1.29 is 27.8 Å². The average molecular weight is 709 g/mol. The zero-order chi connectivity index (χ0) is 36.2. The molecule has 4 aromatic heterocycles. The van der Waals surface area contributed by atoms with Gasteiger partial charge in [0.25, 0.3) is 12.4 Å².